The second kappa shape index (κ2) is 6.49. The number of rotatable bonds is 4. The maximum atomic E-state index is 12.1. The van der Waals surface area contributed by atoms with E-state index in [0.29, 0.717) is 0 Å². The highest BCUT2D eigenvalue weighted by molar-refractivity contribution is 7.09. The van der Waals surface area contributed by atoms with E-state index in [1.54, 1.807) is 0 Å². The van der Waals surface area contributed by atoms with Crippen LogP contribution in [0, 0.1) is 0 Å². The summed E-state index contributed by atoms with van der Waals surface area (Å²) >= 11 is 1.50. The van der Waals surface area contributed by atoms with E-state index in [1.807, 2.05) is 12.3 Å². The van der Waals surface area contributed by atoms with Crippen molar-refractivity contribution in [1.29, 1.82) is 0 Å². The normalized spacial score (nSPS) is 12.9. The highest BCUT2D eigenvalue weighted by Crippen LogP contribution is 2.26. The summed E-state index contributed by atoms with van der Waals surface area (Å²) in [5.41, 5.74) is -0.153. The van der Waals surface area contributed by atoms with E-state index in [0.717, 1.165) is 15.3 Å². The number of hydrogen-bond donors (Lipinski definition) is 2. The number of thiazole rings is 1. The van der Waals surface area contributed by atoms with Crippen molar-refractivity contribution in [2.45, 2.75) is 45.7 Å². The number of nitrogens with zero attached hydrogens (tertiary/aromatic N) is 2. The lowest BCUT2D eigenvalue weighted by Crippen LogP contribution is -2.36. The molecular weight excluding hydrogens is 316 g/mol. The quantitative estimate of drug-likeness (QED) is 0.876. The molecule has 7 nitrogen and oxygen atoms in total. The number of amides is 1. The highest BCUT2D eigenvalue weighted by atomic mass is 32.1. The van der Waals surface area contributed by atoms with Gasteiger partial charge in [0.25, 0.3) is 5.56 Å². The third kappa shape index (κ3) is 4.38. The number of aromatic nitrogens is 3. The predicted molar refractivity (Wildman–Crippen MR) is 88.7 cm³/mol. The van der Waals surface area contributed by atoms with Crippen LogP contribution in [-0.4, -0.2) is 20.4 Å². The number of carbonyl (C=O) groups is 1. The number of aromatic amines is 1. The van der Waals surface area contributed by atoms with Crippen molar-refractivity contribution in [3.05, 3.63) is 49.2 Å². The average molecular weight is 336 g/mol. The lowest BCUT2D eigenvalue weighted by molar-refractivity contribution is -0.122. The van der Waals surface area contributed by atoms with Gasteiger partial charge in [0.15, 0.2) is 0 Å². The molecule has 2 aromatic heterocycles. The Hall–Kier alpha value is -2.22. The van der Waals surface area contributed by atoms with Crippen LogP contribution in [0.4, 0.5) is 0 Å². The van der Waals surface area contributed by atoms with Crippen molar-refractivity contribution in [2.75, 3.05) is 0 Å². The molecule has 1 unspecified atom stereocenters. The second-order valence-corrected chi connectivity index (χ2v) is 7.24. The van der Waals surface area contributed by atoms with Crippen LogP contribution in [0.3, 0.4) is 0 Å². The molecule has 0 spiro atoms. The van der Waals surface area contributed by atoms with Gasteiger partial charge in [-0.1, -0.05) is 20.8 Å². The minimum absolute atomic E-state index is 0.0400. The topological polar surface area (TPSA) is 96.9 Å². The lowest BCUT2D eigenvalue weighted by atomic mass is 9.93. The van der Waals surface area contributed by atoms with E-state index >= 15 is 0 Å². The molecule has 0 aliphatic rings. The molecule has 0 aromatic carbocycles. The summed E-state index contributed by atoms with van der Waals surface area (Å²) in [7, 11) is 0. The molecule has 8 heteroatoms. The number of carbonyl (C=O) groups excluding carboxylic acids is 1. The first kappa shape index (κ1) is 17.1. The van der Waals surface area contributed by atoms with Gasteiger partial charge in [-0.2, -0.15) is 0 Å². The maximum Gasteiger partial charge on any atom is 0.328 e. The summed E-state index contributed by atoms with van der Waals surface area (Å²) in [6, 6.07) is 0.955. The fourth-order valence-corrected chi connectivity index (χ4v) is 2.96. The molecule has 23 heavy (non-hydrogen) atoms. The monoisotopic (exact) mass is 336 g/mol. The van der Waals surface area contributed by atoms with Crippen molar-refractivity contribution < 1.29 is 4.79 Å². The molecule has 124 valence electrons. The van der Waals surface area contributed by atoms with E-state index in [9.17, 15) is 14.4 Å². The van der Waals surface area contributed by atoms with Crippen molar-refractivity contribution >= 4 is 17.2 Å². The summed E-state index contributed by atoms with van der Waals surface area (Å²) in [4.78, 5) is 41.3. The molecule has 1 amide bonds. The van der Waals surface area contributed by atoms with Gasteiger partial charge in [0.1, 0.15) is 11.6 Å². The third-order valence-corrected chi connectivity index (χ3v) is 4.28. The number of nitrogens with one attached hydrogen (secondary N) is 2. The summed E-state index contributed by atoms with van der Waals surface area (Å²) in [6.07, 6.45) is 1.30. The molecule has 0 radical (unpaired) electrons. The van der Waals surface area contributed by atoms with Crippen LogP contribution in [-0.2, 0) is 16.8 Å². The number of H-pyrrole nitrogens is 1. The molecule has 0 saturated heterocycles. The van der Waals surface area contributed by atoms with Gasteiger partial charge < -0.3 is 5.32 Å². The lowest BCUT2D eigenvalue weighted by Gasteiger charge is -2.15. The van der Waals surface area contributed by atoms with Crippen molar-refractivity contribution in [3.63, 3.8) is 0 Å². The second-order valence-electron chi connectivity index (χ2n) is 6.35. The first-order valence-electron chi connectivity index (χ1n) is 7.22. The van der Waals surface area contributed by atoms with Crippen molar-refractivity contribution in [3.8, 4) is 0 Å². The van der Waals surface area contributed by atoms with Crippen LogP contribution in [0.15, 0.2) is 27.2 Å². The van der Waals surface area contributed by atoms with Crippen LogP contribution in [0.2, 0.25) is 0 Å². The van der Waals surface area contributed by atoms with E-state index < -0.39 is 11.2 Å². The SMILES string of the molecule is CC(NC(=O)Cn1ccc(=O)[nH]c1=O)c1nc(C(C)(C)C)cs1. The Balaban J connectivity index is 2.03. The molecule has 0 bridgehead atoms. The van der Waals surface area contributed by atoms with E-state index in [1.165, 1.54) is 23.6 Å². The van der Waals surface area contributed by atoms with Gasteiger partial charge >= 0.3 is 5.69 Å². The molecular formula is C15H20N4O3S. The van der Waals surface area contributed by atoms with Gasteiger partial charge in [0.05, 0.1) is 11.7 Å². The molecule has 1 atom stereocenters. The average Bonchev–Trinajstić information content (AvgIpc) is 2.91. The van der Waals surface area contributed by atoms with Gasteiger partial charge in [0, 0.05) is 23.1 Å². The van der Waals surface area contributed by atoms with Gasteiger partial charge in [-0.15, -0.1) is 11.3 Å². The van der Waals surface area contributed by atoms with Crippen LogP contribution >= 0.6 is 11.3 Å². The van der Waals surface area contributed by atoms with Crippen LogP contribution < -0.4 is 16.6 Å². The van der Waals surface area contributed by atoms with Crippen LogP contribution in [0.25, 0.3) is 0 Å². The fraction of sp³-hybridized carbons (Fsp3) is 0.467. The number of hydrogen-bond acceptors (Lipinski definition) is 5. The first-order valence-corrected chi connectivity index (χ1v) is 8.10. The zero-order valence-electron chi connectivity index (χ0n) is 13.5. The third-order valence-electron chi connectivity index (χ3n) is 3.25. The Kier molecular flexibility index (Phi) is 4.84. The molecule has 0 saturated carbocycles. The van der Waals surface area contributed by atoms with E-state index in [2.05, 4.69) is 36.1 Å². The maximum absolute atomic E-state index is 12.1. The molecule has 0 aliphatic carbocycles. The van der Waals surface area contributed by atoms with E-state index in [4.69, 9.17) is 0 Å². The van der Waals surface area contributed by atoms with Gasteiger partial charge in [-0.05, 0) is 6.92 Å². The Morgan fingerprint density at radius 3 is 2.70 bits per heavy atom. The van der Waals surface area contributed by atoms with Gasteiger partial charge in [-0.25, -0.2) is 9.78 Å². The first-order chi connectivity index (χ1) is 10.7. The minimum Gasteiger partial charge on any atom is -0.346 e. The molecule has 2 N–H and O–H groups in total. The van der Waals surface area contributed by atoms with Crippen molar-refractivity contribution in [1.82, 2.24) is 19.9 Å². The summed E-state index contributed by atoms with van der Waals surface area (Å²) < 4.78 is 1.14. The highest BCUT2D eigenvalue weighted by Gasteiger charge is 2.20. The molecule has 2 aromatic rings. The molecule has 2 rings (SSSR count). The Bertz CT molecular complexity index is 813. The van der Waals surface area contributed by atoms with Crippen molar-refractivity contribution in [2.24, 2.45) is 0 Å². The zero-order valence-corrected chi connectivity index (χ0v) is 14.4. The Morgan fingerprint density at radius 1 is 1.43 bits per heavy atom. The Morgan fingerprint density at radius 2 is 2.13 bits per heavy atom. The summed E-state index contributed by atoms with van der Waals surface area (Å²) in [5.74, 6) is -0.320. The van der Waals surface area contributed by atoms with Crippen LogP contribution in [0.1, 0.15) is 44.4 Å². The zero-order chi connectivity index (χ0) is 17.2. The van der Waals surface area contributed by atoms with Gasteiger partial charge in [-0.3, -0.25) is 19.1 Å². The predicted octanol–water partition coefficient (Wildman–Crippen LogP) is 1.17. The Labute approximate surface area is 137 Å². The molecule has 0 aliphatic heterocycles. The van der Waals surface area contributed by atoms with Gasteiger partial charge in [0.2, 0.25) is 5.91 Å². The fourth-order valence-electron chi connectivity index (χ4n) is 1.90. The molecule has 0 fully saturated rings. The summed E-state index contributed by atoms with van der Waals surface area (Å²) in [6.45, 7) is 7.93. The summed E-state index contributed by atoms with van der Waals surface area (Å²) in [5, 5.41) is 5.62. The standard InChI is InChI=1S/C15H20N4O3S/c1-9(13-17-10(8-23-13)15(2,3)4)16-12(21)7-19-6-5-11(20)18-14(19)22/h5-6,8-9H,7H2,1-4H3,(H,16,21)(H,18,20,22). The molecule has 2 heterocycles. The smallest absolute Gasteiger partial charge is 0.328 e. The van der Waals surface area contributed by atoms with Crippen LogP contribution in [0.5, 0.6) is 0 Å². The minimum atomic E-state index is -0.607. The largest absolute Gasteiger partial charge is 0.346 e. The van der Waals surface area contributed by atoms with E-state index in [-0.39, 0.29) is 23.9 Å².